The number of para-hydroxylation sites is 1. The van der Waals surface area contributed by atoms with Crippen molar-refractivity contribution >= 4 is 34.5 Å². The summed E-state index contributed by atoms with van der Waals surface area (Å²) in [6.45, 7) is 6.24. The van der Waals surface area contributed by atoms with E-state index >= 15 is 0 Å². The number of nitrogens with zero attached hydrogens (tertiary/aromatic N) is 3. The van der Waals surface area contributed by atoms with E-state index in [0.29, 0.717) is 30.3 Å². The maximum Gasteiger partial charge on any atom is 0.294 e. The third kappa shape index (κ3) is 10.5. The van der Waals surface area contributed by atoms with Crippen LogP contribution in [0.5, 0.6) is 0 Å². The number of fused-ring (bicyclic) bond motifs is 2. The molecule has 2 aromatic carbocycles. The number of piperidine rings is 1. The molecule has 1 aromatic heterocycles. The van der Waals surface area contributed by atoms with Gasteiger partial charge in [-0.2, -0.15) is 0 Å². The zero-order chi connectivity index (χ0) is 37.4. The van der Waals surface area contributed by atoms with Crippen LogP contribution in [0.1, 0.15) is 75.3 Å². The smallest absolute Gasteiger partial charge is 0.294 e. The Morgan fingerprint density at radius 1 is 0.981 bits per heavy atom. The summed E-state index contributed by atoms with van der Waals surface area (Å²) in [7, 11) is 0. The molecular weight excluding hydrogens is 666 g/mol. The van der Waals surface area contributed by atoms with Gasteiger partial charge in [-0.1, -0.05) is 73.9 Å². The summed E-state index contributed by atoms with van der Waals surface area (Å²) in [5.41, 5.74) is 6.39. The van der Waals surface area contributed by atoms with E-state index in [9.17, 15) is 29.3 Å². The average molecular weight is 716 g/mol. The van der Waals surface area contributed by atoms with Gasteiger partial charge in [0, 0.05) is 24.0 Å². The van der Waals surface area contributed by atoms with E-state index in [-0.39, 0.29) is 24.6 Å². The van der Waals surface area contributed by atoms with Crippen LogP contribution in [0.15, 0.2) is 66.7 Å². The van der Waals surface area contributed by atoms with Crippen LogP contribution in [0, 0.1) is 22.0 Å². The van der Waals surface area contributed by atoms with Crippen molar-refractivity contribution in [2.24, 2.45) is 17.6 Å². The number of hydrogen-bond donors (Lipinski definition) is 4. The summed E-state index contributed by atoms with van der Waals surface area (Å²) in [5, 5.41) is 20.5. The van der Waals surface area contributed by atoms with Crippen molar-refractivity contribution in [2.45, 2.75) is 95.5 Å². The second kappa shape index (κ2) is 16.9. The minimum Gasteiger partial charge on any atom is -0.370 e. The number of nitrogens with one attached hydrogen (secondary N) is 3. The van der Waals surface area contributed by atoms with Crippen molar-refractivity contribution in [3.8, 4) is 0 Å². The Hall–Kier alpha value is -5.11. The van der Waals surface area contributed by atoms with Gasteiger partial charge in [-0.05, 0) is 69.6 Å². The highest BCUT2D eigenvalue weighted by Crippen LogP contribution is 2.39. The van der Waals surface area contributed by atoms with Crippen molar-refractivity contribution in [2.75, 3.05) is 13.1 Å². The van der Waals surface area contributed by atoms with Crippen LogP contribution < -0.4 is 21.7 Å². The van der Waals surface area contributed by atoms with Crippen LogP contribution in [0.4, 0.5) is 0 Å². The van der Waals surface area contributed by atoms with Crippen LogP contribution in [-0.2, 0) is 25.6 Å². The number of likely N-dealkylation sites (tertiary alicyclic amines) is 1. The largest absolute Gasteiger partial charge is 0.370 e. The van der Waals surface area contributed by atoms with Crippen molar-refractivity contribution in [3.63, 3.8) is 0 Å². The number of carbonyl (C=O) groups is 4. The predicted octanol–water partition coefficient (Wildman–Crippen LogP) is 3.31. The Bertz CT molecular complexity index is 1750. The minimum atomic E-state index is -1.42. The number of primary amides is 1. The van der Waals surface area contributed by atoms with E-state index in [1.54, 1.807) is 18.2 Å². The first-order valence-corrected chi connectivity index (χ1v) is 17.9. The van der Waals surface area contributed by atoms with E-state index in [1.807, 2.05) is 68.1 Å². The lowest BCUT2D eigenvalue weighted by Gasteiger charge is -2.47. The van der Waals surface area contributed by atoms with Crippen LogP contribution in [0.2, 0.25) is 0 Å². The van der Waals surface area contributed by atoms with Crippen LogP contribution in [0.25, 0.3) is 10.9 Å². The van der Waals surface area contributed by atoms with E-state index in [1.165, 1.54) is 6.07 Å². The minimum absolute atomic E-state index is 0.0297. The highest BCUT2D eigenvalue weighted by atomic mass is 17.0. The highest BCUT2D eigenvalue weighted by molar-refractivity contribution is 5.99. The maximum atomic E-state index is 14.0. The maximum absolute atomic E-state index is 14.0. The summed E-state index contributed by atoms with van der Waals surface area (Å²) in [4.78, 5) is 77.0. The third-order valence-electron chi connectivity index (χ3n) is 9.87. The van der Waals surface area contributed by atoms with Gasteiger partial charge >= 0.3 is 0 Å². The molecule has 3 unspecified atom stereocenters. The zero-order valence-electron chi connectivity index (χ0n) is 30.0. The molecule has 14 heteroatoms. The zero-order valence-corrected chi connectivity index (χ0v) is 30.0. The standard InChI is InChI=1S/C38H49N7O7/c1-38(2,3)43-37(49)32-20-26-14-7-8-15-27(26)22-44(32)23-33(52-45(50)51)30(19-24-11-5-4-6-12-24)41-36(48)31(21-34(39)46)42-35(47)29-18-17-25-13-9-10-16-28(25)40-29/h4-6,9-13,16-18,26-27,30-33H,7-8,14-15,19-23H2,1-3H3,(H2,39,46)(H,41,48)(H,42,47)(H,43,49)/t26-,27+,30-,31?,32?,33?/m0/s1. The molecule has 14 nitrogen and oxygen atoms in total. The summed E-state index contributed by atoms with van der Waals surface area (Å²) >= 11 is 0. The van der Waals surface area contributed by atoms with Crippen molar-refractivity contribution in [3.05, 3.63) is 88.1 Å². The second-order valence-corrected chi connectivity index (χ2v) is 15.0. The van der Waals surface area contributed by atoms with E-state index in [0.717, 1.165) is 36.6 Å². The van der Waals surface area contributed by atoms with Gasteiger partial charge in [0.05, 0.1) is 24.0 Å². The van der Waals surface area contributed by atoms with Crippen molar-refractivity contribution in [1.82, 2.24) is 25.8 Å². The van der Waals surface area contributed by atoms with E-state index in [4.69, 9.17) is 10.6 Å². The van der Waals surface area contributed by atoms with Crippen LogP contribution >= 0.6 is 0 Å². The Kier molecular flexibility index (Phi) is 12.4. The quantitative estimate of drug-likeness (QED) is 0.143. The van der Waals surface area contributed by atoms with Gasteiger partial charge < -0.3 is 26.5 Å². The highest BCUT2D eigenvalue weighted by Gasteiger charge is 2.43. The van der Waals surface area contributed by atoms with E-state index in [2.05, 4.69) is 20.9 Å². The third-order valence-corrected chi connectivity index (χ3v) is 9.87. The molecule has 5 rings (SSSR count). The fourth-order valence-corrected chi connectivity index (χ4v) is 7.46. The number of benzene rings is 2. The SMILES string of the molecule is CC(C)(C)NC(=O)C1C[C@@H]2CCCC[C@@H]2CN1CC(O[N+](=O)[O-])[C@H](Cc1ccccc1)NC(=O)C(CC(N)=O)NC(=O)c1ccc2ccccc2n1. The normalized spacial score (nSPS) is 20.8. The van der Waals surface area contributed by atoms with E-state index < -0.39 is 59.0 Å². The number of nitrogens with two attached hydrogens (primary N) is 1. The molecule has 6 atom stereocenters. The molecule has 4 amide bonds. The summed E-state index contributed by atoms with van der Waals surface area (Å²) in [6.07, 6.45) is 3.19. The summed E-state index contributed by atoms with van der Waals surface area (Å²) in [5.74, 6) is -1.79. The monoisotopic (exact) mass is 715 g/mol. The summed E-state index contributed by atoms with van der Waals surface area (Å²) in [6, 6.07) is 16.6. The molecule has 0 spiro atoms. The molecule has 1 aliphatic carbocycles. The molecule has 1 aliphatic heterocycles. The van der Waals surface area contributed by atoms with Gasteiger partial charge in [-0.15, -0.1) is 10.1 Å². The van der Waals surface area contributed by atoms with Gasteiger partial charge in [-0.3, -0.25) is 24.1 Å². The lowest BCUT2D eigenvalue weighted by Crippen LogP contribution is -2.61. The summed E-state index contributed by atoms with van der Waals surface area (Å²) < 4.78 is 0. The fraction of sp³-hybridized carbons (Fsp3) is 0.500. The Morgan fingerprint density at radius 3 is 2.37 bits per heavy atom. The molecule has 5 N–H and O–H groups in total. The Labute approximate surface area is 303 Å². The Morgan fingerprint density at radius 2 is 1.67 bits per heavy atom. The van der Waals surface area contributed by atoms with Gasteiger partial charge in [0.25, 0.3) is 11.0 Å². The molecule has 0 radical (unpaired) electrons. The number of hydrogen-bond acceptors (Lipinski definition) is 9. The fourth-order valence-electron chi connectivity index (χ4n) is 7.46. The molecule has 2 fully saturated rings. The first-order chi connectivity index (χ1) is 24.8. The number of amides is 4. The van der Waals surface area contributed by atoms with Crippen LogP contribution in [-0.4, -0.2) is 81.5 Å². The first-order valence-electron chi connectivity index (χ1n) is 17.9. The predicted molar refractivity (Wildman–Crippen MR) is 194 cm³/mol. The molecule has 52 heavy (non-hydrogen) atoms. The Balaban J connectivity index is 1.43. The van der Waals surface area contributed by atoms with Gasteiger partial charge in [0.2, 0.25) is 17.7 Å². The van der Waals surface area contributed by atoms with Crippen LogP contribution in [0.3, 0.4) is 0 Å². The average Bonchev–Trinajstić information content (AvgIpc) is 3.09. The number of aromatic nitrogens is 1. The lowest BCUT2D eigenvalue weighted by molar-refractivity contribution is -0.769. The molecule has 2 aliphatic rings. The van der Waals surface area contributed by atoms with Gasteiger partial charge in [0.15, 0.2) is 0 Å². The number of carbonyl (C=O) groups excluding carboxylic acids is 4. The van der Waals surface area contributed by atoms with Crippen molar-refractivity contribution in [1.29, 1.82) is 0 Å². The first kappa shape index (κ1) is 38.1. The number of pyridine rings is 1. The van der Waals surface area contributed by atoms with Gasteiger partial charge in [-0.25, -0.2) is 4.98 Å². The molecule has 1 saturated heterocycles. The number of rotatable bonds is 14. The molecule has 278 valence electrons. The topological polar surface area (TPSA) is 199 Å². The molecule has 2 heterocycles. The molecular formula is C38H49N7O7. The lowest BCUT2D eigenvalue weighted by atomic mass is 9.72. The van der Waals surface area contributed by atoms with Gasteiger partial charge in [0.1, 0.15) is 17.8 Å². The second-order valence-electron chi connectivity index (χ2n) is 15.0. The molecule has 3 aromatic rings. The van der Waals surface area contributed by atoms with Crippen molar-refractivity contribution < 1.29 is 29.1 Å². The molecule has 1 saturated carbocycles. The molecule has 0 bridgehead atoms.